The average Bonchev–Trinajstić information content (AvgIpc) is 4.12. The van der Waals surface area contributed by atoms with E-state index in [4.69, 9.17) is 9.73 Å². The van der Waals surface area contributed by atoms with E-state index in [1.54, 1.807) is 46.9 Å². The molecule has 72 heavy (non-hydrogen) atoms. The molecule has 376 valence electrons. The monoisotopic (exact) mass is 1010 g/mol. The van der Waals surface area contributed by atoms with Crippen LogP contribution in [0.2, 0.25) is 0 Å². The number of aliphatic imine (C=N–C) groups is 1. The highest BCUT2D eigenvalue weighted by molar-refractivity contribution is 7.15. The standard InChI is InChI=1S/C54H61N9O7S2/c1-29-32(4)72-53-45(29)46(57-42(26-44(65)66)49-60-59-33(5)63(49)53)35-13-17-38(18-14-35)61-23-21-41(22-24-61)70-40-19-15-37(16-20-40)50(67)58-48(54(6,7)8)52(69)62-27-39(64)25-43(62)51(68)56-30(2)34-9-11-36(12-10-34)47-31(3)55-28-71-47/h9-20,28,30,39,41-43,48,64H,21-27H2,1-8H3,(H,56,68)(H,58,67)(H,65,66)/t30-,39+,42-,43-,48+/m0/s1. The molecule has 3 aromatic heterocycles. The molecule has 4 N–H and O–H groups in total. The van der Waals surface area contributed by atoms with E-state index in [0.29, 0.717) is 23.0 Å². The van der Waals surface area contributed by atoms with Crippen molar-refractivity contribution < 1.29 is 34.1 Å². The zero-order valence-corrected chi connectivity index (χ0v) is 43.4. The molecule has 3 amide bonds. The van der Waals surface area contributed by atoms with Crippen molar-refractivity contribution in [1.29, 1.82) is 0 Å². The van der Waals surface area contributed by atoms with Gasteiger partial charge in [-0.05, 0) is 93.1 Å². The van der Waals surface area contributed by atoms with Crippen LogP contribution in [-0.2, 0) is 14.4 Å². The lowest BCUT2D eigenvalue weighted by Gasteiger charge is -2.35. The molecule has 6 aromatic rings. The first-order chi connectivity index (χ1) is 34.3. The first-order valence-electron chi connectivity index (χ1n) is 24.4. The number of nitrogens with zero attached hydrogens (tertiary/aromatic N) is 7. The van der Waals surface area contributed by atoms with E-state index >= 15 is 0 Å². The number of thiophene rings is 1. The number of carboxylic acid groups (broad SMARTS) is 1. The number of aliphatic carboxylic acids is 1. The van der Waals surface area contributed by atoms with E-state index in [-0.39, 0.29) is 37.4 Å². The molecule has 2 saturated heterocycles. The summed E-state index contributed by atoms with van der Waals surface area (Å²) in [7, 11) is 0. The number of carboxylic acids is 1. The molecule has 5 atom stereocenters. The fourth-order valence-electron chi connectivity index (χ4n) is 9.86. The first-order valence-corrected chi connectivity index (χ1v) is 26.1. The third kappa shape index (κ3) is 10.3. The van der Waals surface area contributed by atoms with Crippen LogP contribution in [0, 0.1) is 33.1 Å². The Balaban J connectivity index is 0.799. The summed E-state index contributed by atoms with van der Waals surface area (Å²) >= 11 is 3.21. The minimum absolute atomic E-state index is 0.0231. The first kappa shape index (κ1) is 50.2. The number of rotatable bonds is 13. The van der Waals surface area contributed by atoms with E-state index in [2.05, 4.69) is 68.8 Å². The molecule has 3 aliphatic rings. The van der Waals surface area contributed by atoms with Gasteiger partial charge in [-0.25, -0.2) is 4.98 Å². The van der Waals surface area contributed by atoms with Gasteiger partial charge in [0.25, 0.3) is 5.91 Å². The molecule has 3 aliphatic heterocycles. The second-order valence-electron chi connectivity index (χ2n) is 20.2. The number of aliphatic hydroxyl groups excluding tert-OH is 1. The van der Waals surface area contributed by atoms with Crippen molar-refractivity contribution in [2.75, 3.05) is 24.5 Å². The van der Waals surface area contributed by atoms with Crippen LogP contribution >= 0.6 is 22.7 Å². The molecule has 0 saturated carbocycles. The number of carbonyl (C=O) groups is 4. The number of amides is 3. The van der Waals surface area contributed by atoms with Gasteiger partial charge in [0, 0.05) is 66.2 Å². The van der Waals surface area contributed by atoms with Gasteiger partial charge in [0.15, 0.2) is 5.82 Å². The Labute approximate surface area is 427 Å². The number of fused-ring (bicyclic) bond motifs is 3. The number of ether oxygens (including phenoxy) is 1. The van der Waals surface area contributed by atoms with Gasteiger partial charge >= 0.3 is 5.97 Å². The molecule has 2 fully saturated rings. The van der Waals surface area contributed by atoms with Crippen LogP contribution in [0.4, 0.5) is 5.69 Å². The molecule has 0 radical (unpaired) electrons. The normalized spacial score (nSPS) is 18.9. The number of β-amino-alcohol motifs (C(OH)–C–C–N with tert-alkyl or cyclic N) is 1. The maximum Gasteiger partial charge on any atom is 0.306 e. The molecule has 16 nitrogen and oxygen atoms in total. The molecule has 9 rings (SSSR count). The molecule has 6 heterocycles. The summed E-state index contributed by atoms with van der Waals surface area (Å²) in [6.07, 6.45) is 0.522. The predicted molar refractivity (Wildman–Crippen MR) is 279 cm³/mol. The van der Waals surface area contributed by atoms with Crippen LogP contribution in [0.3, 0.4) is 0 Å². The number of nitrogens with one attached hydrogen (secondary N) is 2. The summed E-state index contributed by atoms with van der Waals surface area (Å²) < 4.78 is 8.37. The van der Waals surface area contributed by atoms with Crippen molar-refractivity contribution in [3.8, 4) is 21.2 Å². The van der Waals surface area contributed by atoms with Crippen LogP contribution in [0.25, 0.3) is 15.4 Å². The molecular formula is C54H61N9O7S2. The smallest absolute Gasteiger partial charge is 0.306 e. The second-order valence-corrected chi connectivity index (χ2v) is 22.2. The van der Waals surface area contributed by atoms with Crippen molar-refractivity contribution in [1.82, 2.24) is 35.3 Å². The Morgan fingerprint density at radius 3 is 2.21 bits per heavy atom. The lowest BCUT2D eigenvalue weighted by atomic mass is 9.85. The number of hydrogen-bond donors (Lipinski definition) is 4. The lowest BCUT2D eigenvalue weighted by molar-refractivity contribution is -0.142. The van der Waals surface area contributed by atoms with Crippen molar-refractivity contribution in [3.05, 3.63) is 128 Å². The SMILES string of the molecule is Cc1ncsc1-c1ccc([C@H](C)NC(=O)[C@@H]2C[C@@H](O)CN2C(=O)[C@@H](NC(=O)c2ccc(OC3CCN(c4ccc(C5=N[C@@H](CC(=O)O)c6nnc(C)n6-c6sc(C)c(C)c65)cc4)CC3)cc2)C(C)(C)C)cc1. The van der Waals surface area contributed by atoms with Crippen LogP contribution < -0.4 is 20.3 Å². The van der Waals surface area contributed by atoms with E-state index < -0.39 is 47.4 Å². The Morgan fingerprint density at radius 1 is 0.889 bits per heavy atom. The van der Waals surface area contributed by atoms with Gasteiger partial charge in [-0.1, -0.05) is 57.2 Å². The summed E-state index contributed by atoms with van der Waals surface area (Å²) in [4.78, 5) is 69.3. The number of aryl methyl sites for hydroxylation is 3. The summed E-state index contributed by atoms with van der Waals surface area (Å²) in [6, 6.07) is 20.2. The highest BCUT2D eigenvalue weighted by Crippen LogP contribution is 2.40. The van der Waals surface area contributed by atoms with Crippen molar-refractivity contribution in [3.63, 3.8) is 0 Å². The molecular weight excluding hydrogens is 951 g/mol. The van der Waals surface area contributed by atoms with Crippen LogP contribution in [0.1, 0.15) is 120 Å². The van der Waals surface area contributed by atoms with Gasteiger partial charge in [-0.2, -0.15) is 0 Å². The highest BCUT2D eigenvalue weighted by Gasteiger charge is 2.45. The summed E-state index contributed by atoms with van der Waals surface area (Å²) in [5.41, 5.74) is 9.14. The fourth-order valence-corrected chi connectivity index (χ4v) is 11.9. The number of thiazole rings is 1. The zero-order valence-electron chi connectivity index (χ0n) is 41.8. The number of benzene rings is 3. The summed E-state index contributed by atoms with van der Waals surface area (Å²) in [6.45, 7) is 17.0. The van der Waals surface area contributed by atoms with Gasteiger partial charge in [0.1, 0.15) is 40.8 Å². The molecule has 0 spiro atoms. The van der Waals surface area contributed by atoms with Gasteiger partial charge in [0.2, 0.25) is 11.8 Å². The van der Waals surface area contributed by atoms with Crippen LogP contribution in [-0.4, -0.2) is 108 Å². The number of likely N-dealkylation sites (tertiary alicyclic amines) is 1. The van der Waals surface area contributed by atoms with Crippen LogP contribution in [0.5, 0.6) is 5.75 Å². The molecule has 0 aliphatic carbocycles. The van der Waals surface area contributed by atoms with E-state index in [0.717, 1.165) is 85.6 Å². The van der Waals surface area contributed by atoms with Gasteiger partial charge in [-0.3, -0.25) is 28.7 Å². The minimum Gasteiger partial charge on any atom is -0.490 e. The molecule has 0 unspecified atom stereocenters. The van der Waals surface area contributed by atoms with Gasteiger partial charge in [0.05, 0.1) is 40.4 Å². The van der Waals surface area contributed by atoms with E-state index in [9.17, 15) is 29.4 Å². The van der Waals surface area contributed by atoms with Crippen molar-refractivity contribution in [2.45, 2.75) is 117 Å². The molecule has 3 aromatic carbocycles. The number of piperidine rings is 1. The quantitative estimate of drug-likeness (QED) is 0.0871. The second kappa shape index (κ2) is 20.4. The van der Waals surface area contributed by atoms with Gasteiger partial charge in [-0.15, -0.1) is 32.9 Å². The third-order valence-corrected chi connectivity index (χ3v) is 16.2. The van der Waals surface area contributed by atoms with E-state index in [1.807, 2.05) is 75.9 Å². The maximum atomic E-state index is 14.3. The van der Waals surface area contributed by atoms with Crippen LogP contribution in [0.15, 0.2) is 83.3 Å². The minimum atomic E-state index is -0.986. The average molecular weight is 1010 g/mol. The zero-order chi connectivity index (χ0) is 51.2. The highest BCUT2D eigenvalue weighted by atomic mass is 32.1. The number of anilines is 1. The largest absolute Gasteiger partial charge is 0.490 e. The third-order valence-electron chi connectivity index (χ3n) is 14.0. The number of aromatic nitrogens is 4. The molecule has 18 heteroatoms. The van der Waals surface area contributed by atoms with E-state index in [1.165, 1.54) is 4.90 Å². The Kier molecular flexibility index (Phi) is 14.2. The lowest BCUT2D eigenvalue weighted by Crippen LogP contribution is -2.57. The Morgan fingerprint density at radius 2 is 1.57 bits per heavy atom. The maximum absolute atomic E-state index is 14.3. The topological polar surface area (TPSA) is 204 Å². The van der Waals surface area contributed by atoms with Gasteiger partial charge < -0.3 is 35.4 Å². The molecule has 0 bridgehead atoms. The number of hydrogen-bond acceptors (Lipinski definition) is 13. The summed E-state index contributed by atoms with van der Waals surface area (Å²) in [5.74, 6) is -0.348. The number of carbonyl (C=O) groups excluding carboxylic acids is 3. The van der Waals surface area contributed by atoms with Crippen molar-refractivity contribution in [2.24, 2.45) is 10.4 Å². The van der Waals surface area contributed by atoms with Crippen molar-refractivity contribution >= 4 is 57.8 Å². The Bertz CT molecular complexity index is 3020. The Hall–Kier alpha value is -6.76. The predicted octanol–water partition coefficient (Wildman–Crippen LogP) is 8.08. The summed E-state index contributed by atoms with van der Waals surface area (Å²) in [5, 5.41) is 36.2. The fraction of sp³-hybridized carbons (Fsp3) is 0.407. The number of aliphatic hydroxyl groups is 1.